The third kappa shape index (κ3) is 1.77. The molecule has 4 heteroatoms. The summed E-state index contributed by atoms with van der Waals surface area (Å²) in [5.41, 5.74) is 5.93. The minimum Gasteiger partial charge on any atom is -0.467 e. The van der Waals surface area contributed by atoms with Gasteiger partial charge in [0.2, 0.25) is 0 Å². The van der Waals surface area contributed by atoms with Crippen molar-refractivity contribution >= 4 is 22.9 Å². The second kappa shape index (κ2) is 3.54. The number of thiophene rings is 1. The lowest BCUT2D eigenvalue weighted by molar-refractivity contribution is 0.492. The van der Waals surface area contributed by atoms with E-state index in [4.69, 9.17) is 21.8 Å². The van der Waals surface area contributed by atoms with Gasteiger partial charge in [-0.15, -0.1) is 11.3 Å². The minimum absolute atomic E-state index is 0.201. The maximum Gasteiger partial charge on any atom is 0.125 e. The van der Waals surface area contributed by atoms with Gasteiger partial charge in [-0.1, -0.05) is 11.6 Å². The van der Waals surface area contributed by atoms with Crippen LogP contribution >= 0.6 is 22.9 Å². The highest BCUT2D eigenvalue weighted by atomic mass is 35.5. The molecule has 68 valence electrons. The highest BCUT2D eigenvalue weighted by Crippen LogP contribution is 2.29. The molecule has 0 aromatic carbocycles. The van der Waals surface area contributed by atoms with Crippen molar-refractivity contribution in [2.45, 2.75) is 6.04 Å². The molecule has 2 aromatic rings. The average Bonchev–Trinajstić information content (AvgIpc) is 2.72. The highest BCUT2D eigenvalue weighted by Gasteiger charge is 2.13. The van der Waals surface area contributed by atoms with E-state index in [1.165, 1.54) is 11.3 Å². The Morgan fingerprint density at radius 2 is 2.23 bits per heavy atom. The Kier molecular flexibility index (Phi) is 2.40. The Hall–Kier alpha value is -0.770. The van der Waals surface area contributed by atoms with Crippen LogP contribution in [0.1, 0.15) is 16.7 Å². The van der Waals surface area contributed by atoms with Crippen LogP contribution in [-0.2, 0) is 0 Å². The molecule has 0 spiro atoms. The first-order chi connectivity index (χ1) is 6.27. The van der Waals surface area contributed by atoms with Crippen LogP contribution in [0.4, 0.5) is 0 Å². The lowest BCUT2D eigenvalue weighted by Crippen LogP contribution is -2.08. The number of hydrogen-bond acceptors (Lipinski definition) is 3. The molecule has 0 fully saturated rings. The standard InChI is InChI=1S/C9H8ClNOS/c10-8-4-3-7(13-8)9(11)6-2-1-5-12-6/h1-5,9H,11H2. The molecule has 2 heterocycles. The number of halogens is 1. The van der Waals surface area contributed by atoms with Crippen LogP contribution in [0.15, 0.2) is 34.9 Å². The first-order valence-corrected chi connectivity index (χ1v) is 5.01. The van der Waals surface area contributed by atoms with Crippen molar-refractivity contribution in [1.82, 2.24) is 0 Å². The molecule has 1 unspecified atom stereocenters. The largest absolute Gasteiger partial charge is 0.467 e. The molecule has 0 bridgehead atoms. The molecular formula is C9H8ClNOS. The fourth-order valence-corrected chi connectivity index (χ4v) is 2.17. The Morgan fingerprint density at radius 3 is 2.77 bits per heavy atom. The van der Waals surface area contributed by atoms with Gasteiger partial charge in [-0.2, -0.15) is 0 Å². The van der Waals surface area contributed by atoms with Crippen molar-refractivity contribution in [2.75, 3.05) is 0 Å². The van der Waals surface area contributed by atoms with Crippen LogP contribution in [0.2, 0.25) is 4.34 Å². The first kappa shape index (κ1) is 8.81. The van der Waals surface area contributed by atoms with Gasteiger partial charge in [0, 0.05) is 4.88 Å². The van der Waals surface area contributed by atoms with Crippen LogP contribution in [-0.4, -0.2) is 0 Å². The molecule has 2 N–H and O–H groups in total. The summed E-state index contributed by atoms with van der Waals surface area (Å²) >= 11 is 7.27. The van der Waals surface area contributed by atoms with Crippen LogP contribution in [0, 0.1) is 0 Å². The Morgan fingerprint density at radius 1 is 1.38 bits per heavy atom. The summed E-state index contributed by atoms with van der Waals surface area (Å²) in [5, 5.41) is 0. The second-order valence-corrected chi connectivity index (χ2v) is 4.38. The van der Waals surface area contributed by atoms with Crippen molar-refractivity contribution in [1.29, 1.82) is 0 Å². The molecule has 0 radical (unpaired) electrons. The zero-order valence-electron chi connectivity index (χ0n) is 6.74. The van der Waals surface area contributed by atoms with Gasteiger partial charge in [-0.05, 0) is 24.3 Å². The normalized spacial score (nSPS) is 13.1. The van der Waals surface area contributed by atoms with Crippen LogP contribution in [0.5, 0.6) is 0 Å². The number of furan rings is 1. The van der Waals surface area contributed by atoms with Crippen molar-refractivity contribution in [3.05, 3.63) is 45.5 Å². The summed E-state index contributed by atoms with van der Waals surface area (Å²) in [7, 11) is 0. The third-order valence-corrected chi connectivity index (χ3v) is 3.06. The highest BCUT2D eigenvalue weighted by molar-refractivity contribution is 7.16. The van der Waals surface area contributed by atoms with E-state index in [0.717, 1.165) is 15.0 Å². The third-order valence-electron chi connectivity index (χ3n) is 1.75. The molecule has 0 amide bonds. The van der Waals surface area contributed by atoms with Gasteiger partial charge in [-0.25, -0.2) is 0 Å². The Balaban J connectivity index is 2.28. The van der Waals surface area contributed by atoms with E-state index < -0.39 is 0 Å². The van der Waals surface area contributed by atoms with Gasteiger partial charge < -0.3 is 10.2 Å². The van der Waals surface area contributed by atoms with Gasteiger partial charge in [0.05, 0.1) is 16.6 Å². The number of nitrogens with two attached hydrogens (primary N) is 1. The summed E-state index contributed by atoms with van der Waals surface area (Å²) in [5.74, 6) is 0.763. The van der Waals surface area contributed by atoms with Crippen molar-refractivity contribution < 1.29 is 4.42 Å². The van der Waals surface area contributed by atoms with Gasteiger partial charge in [0.1, 0.15) is 5.76 Å². The number of rotatable bonds is 2. The summed E-state index contributed by atoms with van der Waals surface area (Å²) in [6.45, 7) is 0. The minimum atomic E-state index is -0.201. The lowest BCUT2D eigenvalue weighted by atomic mass is 10.2. The lowest BCUT2D eigenvalue weighted by Gasteiger charge is -2.04. The first-order valence-electron chi connectivity index (χ1n) is 3.81. The zero-order chi connectivity index (χ0) is 9.26. The SMILES string of the molecule is NC(c1ccco1)c1ccc(Cl)s1. The van der Waals surface area contributed by atoms with Crippen LogP contribution < -0.4 is 5.73 Å². The molecular weight excluding hydrogens is 206 g/mol. The monoisotopic (exact) mass is 213 g/mol. The van der Waals surface area contributed by atoms with Gasteiger partial charge in [0.25, 0.3) is 0 Å². The van der Waals surface area contributed by atoms with Crippen LogP contribution in [0.3, 0.4) is 0 Å². The summed E-state index contributed by atoms with van der Waals surface area (Å²) in [6, 6.07) is 7.24. The molecule has 2 aromatic heterocycles. The quantitative estimate of drug-likeness (QED) is 0.833. The zero-order valence-corrected chi connectivity index (χ0v) is 8.31. The van der Waals surface area contributed by atoms with Gasteiger partial charge in [0.15, 0.2) is 0 Å². The predicted octanol–water partition coefficient (Wildman–Crippen LogP) is 3.04. The average molecular weight is 214 g/mol. The van der Waals surface area contributed by atoms with Crippen molar-refractivity contribution in [2.24, 2.45) is 5.73 Å². The molecule has 0 aliphatic carbocycles. The number of hydrogen-bond donors (Lipinski definition) is 1. The second-order valence-electron chi connectivity index (χ2n) is 2.63. The van der Waals surface area contributed by atoms with Gasteiger partial charge in [-0.3, -0.25) is 0 Å². The summed E-state index contributed by atoms with van der Waals surface area (Å²) < 4.78 is 5.94. The molecule has 13 heavy (non-hydrogen) atoms. The van der Waals surface area contributed by atoms with E-state index in [1.54, 1.807) is 6.26 Å². The molecule has 0 saturated heterocycles. The molecule has 0 aliphatic rings. The van der Waals surface area contributed by atoms with E-state index in [-0.39, 0.29) is 6.04 Å². The topological polar surface area (TPSA) is 39.2 Å². The molecule has 0 saturated carbocycles. The smallest absolute Gasteiger partial charge is 0.125 e. The predicted molar refractivity (Wildman–Crippen MR) is 54.1 cm³/mol. The van der Waals surface area contributed by atoms with E-state index in [9.17, 15) is 0 Å². The van der Waals surface area contributed by atoms with E-state index in [0.29, 0.717) is 0 Å². The molecule has 0 aliphatic heterocycles. The Bertz CT molecular complexity index is 382. The molecule has 2 nitrogen and oxygen atoms in total. The van der Waals surface area contributed by atoms with Crippen molar-refractivity contribution in [3.63, 3.8) is 0 Å². The van der Waals surface area contributed by atoms with E-state index in [1.807, 2.05) is 24.3 Å². The molecule has 2 rings (SSSR count). The fourth-order valence-electron chi connectivity index (χ4n) is 1.10. The summed E-state index contributed by atoms with van der Waals surface area (Å²) in [4.78, 5) is 1.01. The van der Waals surface area contributed by atoms with Gasteiger partial charge >= 0.3 is 0 Å². The maximum absolute atomic E-state index is 5.93. The Labute approximate surface area is 84.9 Å². The molecule has 1 atom stereocenters. The van der Waals surface area contributed by atoms with E-state index in [2.05, 4.69) is 0 Å². The maximum atomic E-state index is 5.93. The van der Waals surface area contributed by atoms with E-state index >= 15 is 0 Å². The summed E-state index contributed by atoms with van der Waals surface area (Å²) in [6.07, 6.45) is 1.62. The van der Waals surface area contributed by atoms with Crippen LogP contribution in [0.25, 0.3) is 0 Å². The van der Waals surface area contributed by atoms with Crippen molar-refractivity contribution in [3.8, 4) is 0 Å². The fraction of sp³-hybridized carbons (Fsp3) is 0.111.